The van der Waals surface area contributed by atoms with E-state index in [9.17, 15) is 4.79 Å². The van der Waals surface area contributed by atoms with Crippen LogP contribution in [-0.2, 0) is 4.79 Å². The van der Waals surface area contributed by atoms with Crippen LogP contribution in [0, 0.1) is 5.92 Å². The van der Waals surface area contributed by atoms with Gasteiger partial charge in [0.05, 0.1) is 12.2 Å². The molecule has 4 unspecified atom stereocenters. The fourth-order valence-electron chi connectivity index (χ4n) is 3.54. The zero-order valence-electron chi connectivity index (χ0n) is 12.7. The summed E-state index contributed by atoms with van der Waals surface area (Å²) < 4.78 is 0. The first-order valence-corrected chi connectivity index (χ1v) is 9.00. The van der Waals surface area contributed by atoms with Gasteiger partial charge >= 0.3 is 0 Å². The smallest absolute Gasteiger partial charge is 0.241 e. The number of carbonyl (C=O) groups is 1. The summed E-state index contributed by atoms with van der Waals surface area (Å²) in [6.45, 7) is 6.49. The molecule has 0 radical (unpaired) electrons. The maximum absolute atomic E-state index is 12.7. The number of thioether (sulfide) groups is 1. The molecule has 1 aliphatic carbocycles. The molecular weight excluding hydrogens is 256 g/mol. The van der Waals surface area contributed by atoms with Crippen molar-refractivity contribution in [3.63, 3.8) is 0 Å². The molecule has 0 bridgehead atoms. The summed E-state index contributed by atoms with van der Waals surface area (Å²) >= 11 is 1.94. The van der Waals surface area contributed by atoms with E-state index in [1.54, 1.807) is 0 Å². The number of nitrogens with zero attached hydrogens (tertiary/aromatic N) is 1. The third-order valence-electron chi connectivity index (χ3n) is 4.53. The molecule has 1 saturated carbocycles. The Morgan fingerprint density at radius 2 is 2.16 bits per heavy atom. The molecule has 2 fully saturated rings. The van der Waals surface area contributed by atoms with Crippen LogP contribution in [0.2, 0.25) is 0 Å². The van der Waals surface area contributed by atoms with E-state index in [4.69, 9.17) is 0 Å². The minimum absolute atomic E-state index is 0.0275. The highest BCUT2D eigenvalue weighted by atomic mass is 32.2. The average molecular weight is 284 g/mol. The van der Waals surface area contributed by atoms with Gasteiger partial charge in [-0.05, 0) is 31.4 Å². The number of carbonyl (C=O) groups excluding carboxylic acids is 1. The van der Waals surface area contributed by atoms with Crippen molar-refractivity contribution in [1.29, 1.82) is 0 Å². The van der Waals surface area contributed by atoms with Gasteiger partial charge in [-0.15, -0.1) is 0 Å². The van der Waals surface area contributed by atoms with Gasteiger partial charge in [0.1, 0.15) is 0 Å². The van der Waals surface area contributed by atoms with Crippen LogP contribution in [0.5, 0.6) is 0 Å². The van der Waals surface area contributed by atoms with Gasteiger partial charge < -0.3 is 4.90 Å². The zero-order valence-corrected chi connectivity index (χ0v) is 13.5. The number of rotatable bonds is 5. The molecule has 19 heavy (non-hydrogen) atoms. The van der Waals surface area contributed by atoms with Crippen molar-refractivity contribution in [3.8, 4) is 0 Å². The number of hydrogen-bond acceptors (Lipinski definition) is 3. The SMILES string of the molecule is CCCC1NC(C(C)C)C(=O)N1C1CCCC1SC. The van der Waals surface area contributed by atoms with Crippen molar-refractivity contribution in [2.24, 2.45) is 5.92 Å². The van der Waals surface area contributed by atoms with Crippen molar-refractivity contribution in [2.75, 3.05) is 6.26 Å². The lowest BCUT2D eigenvalue weighted by Crippen LogP contribution is -2.47. The van der Waals surface area contributed by atoms with Crippen molar-refractivity contribution in [3.05, 3.63) is 0 Å². The minimum Gasteiger partial charge on any atom is -0.322 e. The van der Waals surface area contributed by atoms with E-state index < -0.39 is 0 Å². The first kappa shape index (κ1) is 15.2. The molecule has 2 aliphatic rings. The summed E-state index contributed by atoms with van der Waals surface area (Å²) in [5.41, 5.74) is 0. The van der Waals surface area contributed by atoms with Gasteiger partial charge in [0.2, 0.25) is 5.91 Å². The molecule has 0 aromatic rings. The van der Waals surface area contributed by atoms with Gasteiger partial charge in [0.25, 0.3) is 0 Å². The van der Waals surface area contributed by atoms with Crippen molar-refractivity contribution >= 4 is 17.7 Å². The summed E-state index contributed by atoms with van der Waals surface area (Å²) in [5, 5.41) is 4.22. The molecule has 2 rings (SSSR count). The van der Waals surface area contributed by atoms with E-state index in [0.29, 0.717) is 23.1 Å². The molecule has 1 N–H and O–H groups in total. The molecule has 1 aliphatic heterocycles. The fraction of sp³-hybridized carbons (Fsp3) is 0.933. The minimum atomic E-state index is 0.0275. The van der Waals surface area contributed by atoms with Crippen LogP contribution in [0.25, 0.3) is 0 Å². The van der Waals surface area contributed by atoms with Crippen LogP contribution in [-0.4, -0.2) is 40.6 Å². The van der Waals surface area contributed by atoms with Gasteiger partial charge in [0, 0.05) is 11.3 Å². The summed E-state index contributed by atoms with van der Waals surface area (Å²) in [7, 11) is 0. The third-order valence-corrected chi connectivity index (χ3v) is 5.69. The zero-order chi connectivity index (χ0) is 14.0. The Morgan fingerprint density at radius 3 is 2.74 bits per heavy atom. The highest BCUT2D eigenvalue weighted by molar-refractivity contribution is 7.99. The van der Waals surface area contributed by atoms with Crippen LogP contribution >= 0.6 is 11.8 Å². The predicted octanol–water partition coefficient (Wildman–Crippen LogP) is 2.85. The van der Waals surface area contributed by atoms with Crippen LogP contribution < -0.4 is 5.32 Å². The van der Waals surface area contributed by atoms with E-state index in [0.717, 1.165) is 12.8 Å². The number of hydrogen-bond donors (Lipinski definition) is 1. The van der Waals surface area contributed by atoms with E-state index in [1.165, 1.54) is 19.3 Å². The lowest BCUT2D eigenvalue weighted by Gasteiger charge is -2.33. The fourth-order valence-corrected chi connectivity index (χ4v) is 4.52. The van der Waals surface area contributed by atoms with Gasteiger partial charge in [-0.1, -0.05) is 33.6 Å². The van der Waals surface area contributed by atoms with Gasteiger partial charge in [0.15, 0.2) is 0 Å². The molecule has 1 saturated heterocycles. The lowest BCUT2D eigenvalue weighted by atomic mass is 10.0. The van der Waals surface area contributed by atoms with E-state index >= 15 is 0 Å². The highest BCUT2D eigenvalue weighted by Crippen LogP contribution is 2.36. The Labute approximate surface area is 121 Å². The molecule has 110 valence electrons. The summed E-state index contributed by atoms with van der Waals surface area (Å²) in [6, 6.07) is 0.481. The van der Waals surface area contributed by atoms with Crippen LogP contribution in [0.3, 0.4) is 0 Å². The lowest BCUT2D eigenvalue weighted by molar-refractivity contribution is -0.132. The van der Waals surface area contributed by atoms with Crippen LogP contribution in [0.4, 0.5) is 0 Å². The molecule has 1 heterocycles. The topological polar surface area (TPSA) is 32.3 Å². The second-order valence-electron chi connectivity index (χ2n) is 6.21. The summed E-state index contributed by atoms with van der Waals surface area (Å²) in [6.07, 6.45) is 8.37. The molecule has 3 nitrogen and oxygen atoms in total. The van der Waals surface area contributed by atoms with Crippen molar-refractivity contribution < 1.29 is 4.79 Å². The van der Waals surface area contributed by atoms with Crippen LogP contribution in [0.1, 0.15) is 52.9 Å². The normalized spacial score (nSPS) is 35.6. The highest BCUT2D eigenvalue weighted by Gasteiger charge is 2.46. The average Bonchev–Trinajstić information content (AvgIpc) is 2.94. The van der Waals surface area contributed by atoms with E-state index in [1.807, 2.05) is 11.8 Å². The maximum Gasteiger partial charge on any atom is 0.241 e. The molecule has 0 aromatic heterocycles. The van der Waals surface area contributed by atoms with Gasteiger partial charge in [-0.25, -0.2) is 0 Å². The molecule has 0 aromatic carbocycles. The van der Waals surface area contributed by atoms with Gasteiger partial charge in [-0.2, -0.15) is 11.8 Å². The van der Waals surface area contributed by atoms with E-state index in [2.05, 4.69) is 37.2 Å². The van der Waals surface area contributed by atoms with Crippen molar-refractivity contribution in [1.82, 2.24) is 10.2 Å². The largest absolute Gasteiger partial charge is 0.322 e. The van der Waals surface area contributed by atoms with Crippen molar-refractivity contribution in [2.45, 2.75) is 76.4 Å². The molecule has 0 spiro atoms. The molecular formula is C15H28N2OS. The Kier molecular flexibility index (Phi) is 5.18. The first-order chi connectivity index (χ1) is 9.10. The van der Waals surface area contributed by atoms with Gasteiger partial charge in [-0.3, -0.25) is 10.1 Å². The summed E-state index contributed by atoms with van der Waals surface area (Å²) in [4.78, 5) is 14.9. The third kappa shape index (κ3) is 2.94. The molecule has 4 heteroatoms. The molecule has 1 amide bonds. The Bertz CT molecular complexity index is 321. The molecule has 4 atom stereocenters. The van der Waals surface area contributed by atoms with E-state index in [-0.39, 0.29) is 12.2 Å². The Hall–Kier alpha value is -0.220. The van der Waals surface area contributed by atoms with Crippen LogP contribution in [0.15, 0.2) is 0 Å². The summed E-state index contributed by atoms with van der Waals surface area (Å²) in [5.74, 6) is 0.727. The monoisotopic (exact) mass is 284 g/mol. The number of nitrogens with one attached hydrogen (secondary N) is 1. The predicted molar refractivity (Wildman–Crippen MR) is 82.2 cm³/mol. The Morgan fingerprint density at radius 1 is 1.42 bits per heavy atom. The standard InChI is InChI=1S/C15H28N2OS/c1-5-7-13-16-14(10(2)3)15(18)17(13)11-8-6-9-12(11)19-4/h10-14,16H,5-9H2,1-4H3. The quantitative estimate of drug-likeness (QED) is 0.842. The second-order valence-corrected chi connectivity index (χ2v) is 7.29. The Balaban J connectivity index is 2.17. The number of amides is 1. The first-order valence-electron chi connectivity index (χ1n) is 7.71. The maximum atomic E-state index is 12.7. The second kappa shape index (κ2) is 6.49.